The van der Waals surface area contributed by atoms with Gasteiger partial charge in [0.1, 0.15) is 16.1 Å². The lowest BCUT2D eigenvalue weighted by molar-refractivity contribution is 0.102. The van der Waals surface area contributed by atoms with Crippen LogP contribution in [0.3, 0.4) is 0 Å². The number of carbonyl (C=O) groups excluding carboxylic acids is 1. The average Bonchev–Trinajstić information content (AvgIpc) is 2.94. The molecule has 0 bridgehead atoms. The summed E-state index contributed by atoms with van der Waals surface area (Å²) in [6, 6.07) is 7.29. The summed E-state index contributed by atoms with van der Waals surface area (Å²) in [5.74, 6) is -0.215. The van der Waals surface area contributed by atoms with Crippen LogP contribution < -0.4 is 10.9 Å². The Bertz CT molecular complexity index is 1060. The summed E-state index contributed by atoms with van der Waals surface area (Å²) in [6.07, 6.45) is 2.85. The van der Waals surface area contributed by atoms with E-state index in [9.17, 15) is 14.7 Å². The Morgan fingerprint density at radius 1 is 1.31 bits per heavy atom. The van der Waals surface area contributed by atoms with Gasteiger partial charge in [-0.1, -0.05) is 24.6 Å². The Balaban J connectivity index is 1.78. The summed E-state index contributed by atoms with van der Waals surface area (Å²) < 4.78 is 0. The summed E-state index contributed by atoms with van der Waals surface area (Å²) in [7, 11) is 0. The molecule has 0 aliphatic heterocycles. The topological polar surface area (TPSA) is 82.2 Å². The molecule has 1 amide bonds. The van der Waals surface area contributed by atoms with E-state index in [0.717, 1.165) is 30.4 Å². The molecule has 1 aliphatic carbocycles. The molecular formula is C20H20N2O3S. The van der Waals surface area contributed by atoms with Gasteiger partial charge in [-0.05, 0) is 49.8 Å². The summed E-state index contributed by atoms with van der Waals surface area (Å²) in [5, 5.41) is 14.1. The summed E-state index contributed by atoms with van der Waals surface area (Å²) in [5.41, 5.74) is 1.94. The van der Waals surface area contributed by atoms with Gasteiger partial charge in [-0.15, -0.1) is 11.3 Å². The maximum Gasteiger partial charge on any atom is 0.265 e. The maximum absolute atomic E-state index is 12.6. The largest absolute Gasteiger partial charge is 0.506 e. The van der Waals surface area contributed by atoms with Crippen molar-refractivity contribution < 1.29 is 9.90 Å². The van der Waals surface area contributed by atoms with Crippen LogP contribution in [0.1, 0.15) is 39.7 Å². The molecule has 2 heterocycles. The van der Waals surface area contributed by atoms with Crippen LogP contribution in [0, 0.1) is 12.8 Å². The Morgan fingerprint density at radius 3 is 2.77 bits per heavy atom. The summed E-state index contributed by atoms with van der Waals surface area (Å²) in [4.78, 5) is 29.7. The molecular weight excluding hydrogens is 348 g/mol. The first kappa shape index (κ1) is 16.8. The third-order valence-corrected chi connectivity index (χ3v) is 6.15. The van der Waals surface area contributed by atoms with Crippen LogP contribution in [0.4, 0.5) is 5.69 Å². The van der Waals surface area contributed by atoms with E-state index in [1.165, 1.54) is 16.2 Å². The van der Waals surface area contributed by atoms with E-state index in [-0.39, 0.29) is 11.3 Å². The lowest BCUT2D eigenvalue weighted by Gasteiger charge is -2.18. The van der Waals surface area contributed by atoms with Gasteiger partial charge in [-0.3, -0.25) is 9.59 Å². The van der Waals surface area contributed by atoms with Crippen molar-refractivity contribution in [2.75, 3.05) is 5.32 Å². The minimum atomic E-state index is -0.598. The number of pyridine rings is 1. The molecule has 0 unspecified atom stereocenters. The number of aryl methyl sites for hydroxylation is 2. The number of thiophene rings is 1. The highest BCUT2D eigenvalue weighted by atomic mass is 32.1. The number of aromatic amines is 1. The highest BCUT2D eigenvalue weighted by molar-refractivity contribution is 7.18. The van der Waals surface area contributed by atoms with Gasteiger partial charge in [0.05, 0.1) is 5.39 Å². The molecule has 1 aromatic carbocycles. The van der Waals surface area contributed by atoms with Crippen molar-refractivity contribution in [2.24, 2.45) is 5.92 Å². The number of carbonyl (C=O) groups is 1. The molecule has 0 saturated carbocycles. The Morgan fingerprint density at radius 2 is 2.04 bits per heavy atom. The fraction of sp³-hybridized carbons (Fsp3) is 0.300. The minimum Gasteiger partial charge on any atom is -0.506 e. The number of benzene rings is 1. The van der Waals surface area contributed by atoms with Gasteiger partial charge in [0.25, 0.3) is 11.5 Å². The molecule has 6 heteroatoms. The second-order valence-corrected chi connectivity index (χ2v) is 8.16. The SMILES string of the molecule is Cc1ccc(NC(=O)c2c(O)c3c4c(sc3[nH]c2=O)C[C@H](C)CC4)cc1. The number of fused-ring (bicyclic) bond motifs is 3. The van der Waals surface area contributed by atoms with Crippen molar-refractivity contribution in [2.45, 2.75) is 33.1 Å². The highest BCUT2D eigenvalue weighted by Crippen LogP contribution is 2.41. The summed E-state index contributed by atoms with van der Waals surface area (Å²) in [6.45, 7) is 4.16. The van der Waals surface area contributed by atoms with E-state index in [0.29, 0.717) is 21.8 Å². The van der Waals surface area contributed by atoms with Crippen LogP contribution in [-0.2, 0) is 12.8 Å². The Labute approximate surface area is 154 Å². The second-order valence-electron chi connectivity index (χ2n) is 7.05. The third-order valence-electron chi connectivity index (χ3n) is 4.98. The van der Waals surface area contributed by atoms with Gasteiger partial charge in [-0.2, -0.15) is 0 Å². The zero-order valence-electron chi connectivity index (χ0n) is 14.7. The smallest absolute Gasteiger partial charge is 0.265 e. The van der Waals surface area contributed by atoms with Crippen LogP contribution in [0.5, 0.6) is 5.75 Å². The number of aromatic hydroxyl groups is 1. The number of amides is 1. The monoisotopic (exact) mass is 368 g/mol. The number of anilines is 1. The van der Waals surface area contributed by atoms with E-state index < -0.39 is 11.5 Å². The fourth-order valence-corrected chi connectivity index (χ4v) is 4.94. The van der Waals surface area contributed by atoms with Gasteiger partial charge in [-0.25, -0.2) is 0 Å². The molecule has 4 rings (SSSR count). The van der Waals surface area contributed by atoms with Gasteiger partial charge in [0.15, 0.2) is 0 Å². The standard InChI is InChI=1S/C20H20N2O3S/c1-10-3-6-12(7-4-10)21-18(24)16-17(23)15-13-8-5-11(2)9-14(13)26-20(15)22-19(16)25/h3-4,6-7,11H,5,8-9H2,1-2H3,(H,21,24)(H2,22,23,25)/t11-/m1/s1. The van der Waals surface area contributed by atoms with Crippen LogP contribution >= 0.6 is 11.3 Å². The van der Waals surface area contributed by atoms with Gasteiger partial charge < -0.3 is 15.4 Å². The molecule has 3 aromatic rings. The first-order valence-corrected chi connectivity index (χ1v) is 9.53. The van der Waals surface area contributed by atoms with E-state index in [4.69, 9.17) is 0 Å². The zero-order chi connectivity index (χ0) is 18.4. The Hall–Kier alpha value is -2.60. The lowest BCUT2D eigenvalue weighted by Crippen LogP contribution is -2.23. The fourth-order valence-electron chi connectivity index (χ4n) is 3.53. The predicted molar refractivity (Wildman–Crippen MR) is 104 cm³/mol. The predicted octanol–water partition coefficient (Wildman–Crippen LogP) is 3.98. The lowest BCUT2D eigenvalue weighted by atomic mass is 9.89. The first-order chi connectivity index (χ1) is 12.4. The third kappa shape index (κ3) is 2.80. The van der Waals surface area contributed by atoms with Crippen LogP contribution in [0.2, 0.25) is 0 Å². The van der Waals surface area contributed by atoms with Crippen molar-refractivity contribution in [1.29, 1.82) is 0 Å². The highest BCUT2D eigenvalue weighted by Gasteiger charge is 2.27. The van der Waals surface area contributed by atoms with Crippen molar-refractivity contribution >= 4 is 33.1 Å². The average molecular weight is 368 g/mol. The van der Waals surface area contributed by atoms with Crippen LogP contribution in [0.15, 0.2) is 29.1 Å². The van der Waals surface area contributed by atoms with E-state index in [1.807, 2.05) is 19.1 Å². The number of rotatable bonds is 2. The van der Waals surface area contributed by atoms with Gasteiger partial charge in [0, 0.05) is 10.6 Å². The minimum absolute atomic E-state index is 0.208. The molecule has 1 aliphatic rings. The quantitative estimate of drug-likeness (QED) is 0.640. The van der Waals surface area contributed by atoms with E-state index in [2.05, 4.69) is 17.2 Å². The van der Waals surface area contributed by atoms with Crippen molar-refractivity contribution in [1.82, 2.24) is 4.98 Å². The molecule has 0 fully saturated rings. The van der Waals surface area contributed by atoms with Crippen LogP contribution in [-0.4, -0.2) is 16.0 Å². The molecule has 0 saturated heterocycles. The molecule has 5 nitrogen and oxygen atoms in total. The molecule has 134 valence electrons. The molecule has 2 aromatic heterocycles. The number of nitrogens with one attached hydrogen (secondary N) is 2. The number of hydrogen-bond acceptors (Lipinski definition) is 4. The van der Waals surface area contributed by atoms with Crippen molar-refractivity contribution in [3.63, 3.8) is 0 Å². The Kier molecular flexibility index (Phi) is 4.07. The van der Waals surface area contributed by atoms with E-state index >= 15 is 0 Å². The summed E-state index contributed by atoms with van der Waals surface area (Å²) >= 11 is 1.51. The maximum atomic E-state index is 12.6. The number of H-pyrrole nitrogens is 1. The first-order valence-electron chi connectivity index (χ1n) is 8.71. The second kappa shape index (κ2) is 6.29. The molecule has 1 atom stereocenters. The van der Waals surface area contributed by atoms with Crippen molar-refractivity contribution in [3.05, 3.63) is 56.2 Å². The van der Waals surface area contributed by atoms with Gasteiger partial charge in [0.2, 0.25) is 0 Å². The molecule has 3 N–H and O–H groups in total. The zero-order valence-corrected chi connectivity index (χ0v) is 15.5. The van der Waals surface area contributed by atoms with Crippen LogP contribution in [0.25, 0.3) is 10.2 Å². The molecule has 26 heavy (non-hydrogen) atoms. The molecule has 0 radical (unpaired) electrons. The molecule has 0 spiro atoms. The normalized spacial score (nSPS) is 16.5. The number of hydrogen-bond donors (Lipinski definition) is 3. The van der Waals surface area contributed by atoms with Crippen molar-refractivity contribution in [3.8, 4) is 5.75 Å². The van der Waals surface area contributed by atoms with E-state index in [1.54, 1.807) is 12.1 Å². The van der Waals surface area contributed by atoms with Gasteiger partial charge >= 0.3 is 0 Å². The number of aromatic nitrogens is 1.